The minimum absolute atomic E-state index is 0.0619. The molecule has 3 aromatic rings. The van der Waals surface area contributed by atoms with Crippen LogP contribution in [-0.2, 0) is 26.2 Å². The van der Waals surface area contributed by atoms with Crippen molar-refractivity contribution in [1.82, 2.24) is 10.2 Å². The summed E-state index contributed by atoms with van der Waals surface area (Å²) in [5.41, 5.74) is 3.05. The quantitative estimate of drug-likeness (QED) is 0.320. The van der Waals surface area contributed by atoms with E-state index in [0.29, 0.717) is 18.7 Å². The predicted molar refractivity (Wildman–Crippen MR) is 158 cm³/mol. The maximum Gasteiger partial charge on any atom is 0.264 e. The second-order valence-corrected chi connectivity index (χ2v) is 11.6. The van der Waals surface area contributed by atoms with Crippen molar-refractivity contribution in [3.05, 3.63) is 89.5 Å². The molecule has 0 heterocycles. The Bertz CT molecular complexity index is 1410. The van der Waals surface area contributed by atoms with Crippen LogP contribution in [0.4, 0.5) is 5.69 Å². The molecule has 0 saturated heterocycles. The summed E-state index contributed by atoms with van der Waals surface area (Å²) in [6, 6.07) is 20.0. The molecule has 2 amide bonds. The number of rotatable bonds is 13. The highest BCUT2D eigenvalue weighted by molar-refractivity contribution is 7.92. The monoisotopic (exact) mass is 565 g/mol. The Labute approximate surface area is 238 Å². The van der Waals surface area contributed by atoms with Gasteiger partial charge in [0.1, 0.15) is 18.3 Å². The molecule has 1 atom stereocenters. The van der Waals surface area contributed by atoms with Gasteiger partial charge in [-0.05, 0) is 62.1 Å². The first kappa shape index (κ1) is 30.7. The molecular weight excluding hydrogens is 526 g/mol. The van der Waals surface area contributed by atoms with E-state index in [1.807, 2.05) is 52.0 Å². The highest BCUT2D eigenvalue weighted by Gasteiger charge is 2.34. The van der Waals surface area contributed by atoms with Gasteiger partial charge < -0.3 is 15.0 Å². The van der Waals surface area contributed by atoms with E-state index in [9.17, 15) is 18.0 Å². The lowest BCUT2D eigenvalue weighted by molar-refractivity contribution is -0.140. The molecule has 0 saturated carbocycles. The third kappa shape index (κ3) is 7.41. The molecule has 0 bridgehead atoms. The summed E-state index contributed by atoms with van der Waals surface area (Å²) >= 11 is 0. The minimum Gasteiger partial charge on any atom is -0.497 e. The summed E-state index contributed by atoms with van der Waals surface area (Å²) in [6.45, 7) is 7.78. The molecule has 8 nitrogen and oxygen atoms in total. The first-order valence-electron chi connectivity index (χ1n) is 13.5. The van der Waals surface area contributed by atoms with Gasteiger partial charge in [-0.2, -0.15) is 0 Å². The first-order chi connectivity index (χ1) is 19.1. The van der Waals surface area contributed by atoms with Crippen LogP contribution < -0.4 is 14.4 Å². The van der Waals surface area contributed by atoms with Crippen molar-refractivity contribution in [3.63, 3.8) is 0 Å². The third-order valence-electron chi connectivity index (χ3n) is 6.77. The SMILES string of the molecule is CCCNC(=O)[C@@H](CC)N(Cc1ccccc1C)C(=O)CN(c1cccc(OC)c1)S(=O)(=O)c1ccc(C)cc1. The number of hydrogen-bond donors (Lipinski definition) is 1. The molecule has 0 aliphatic carbocycles. The van der Waals surface area contributed by atoms with E-state index in [4.69, 9.17) is 4.74 Å². The number of benzene rings is 3. The minimum atomic E-state index is -4.14. The van der Waals surface area contributed by atoms with E-state index < -0.39 is 28.5 Å². The third-order valence-corrected chi connectivity index (χ3v) is 8.55. The Morgan fingerprint density at radius 3 is 2.27 bits per heavy atom. The number of amides is 2. The molecule has 1 N–H and O–H groups in total. The van der Waals surface area contributed by atoms with Crippen LogP contribution in [0.25, 0.3) is 0 Å². The second kappa shape index (κ2) is 14.0. The number of carbonyl (C=O) groups is 2. The molecule has 40 heavy (non-hydrogen) atoms. The summed E-state index contributed by atoms with van der Waals surface area (Å²) in [5, 5.41) is 2.90. The number of methoxy groups -OCH3 is 1. The van der Waals surface area contributed by atoms with Gasteiger partial charge in [-0.15, -0.1) is 0 Å². The van der Waals surface area contributed by atoms with E-state index in [2.05, 4.69) is 5.32 Å². The average Bonchev–Trinajstić information content (AvgIpc) is 2.95. The fourth-order valence-corrected chi connectivity index (χ4v) is 5.79. The highest BCUT2D eigenvalue weighted by Crippen LogP contribution is 2.28. The zero-order chi connectivity index (χ0) is 29.3. The Hall–Kier alpha value is -3.85. The van der Waals surface area contributed by atoms with Crippen molar-refractivity contribution >= 4 is 27.5 Å². The number of hydrogen-bond acceptors (Lipinski definition) is 5. The molecule has 0 unspecified atom stereocenters. The lowest BCUT2D eigenvalue weighted by Crippen LogP contribution is -2.52. The number of sulfonamides is 1. The van der Waals surface area contributed by atoms with Crippen LogP contribution in [0.5, 0.6) is 5.75 Å². The fraction of sp³-hybridized carbons (Fsp3) is 0.355. The fourth-order valence-electron chi connectivity index (χ4n) is 4.39. The van der Waals surface area contributed by atoms with Crippen molar-refractivity contribution in [2.45, 2.75) is 58.0 Å². The van der Waals surface area contributed by atoms with Crippen LogP contribution >= 0.6 is 0 Å². The summed E-state index contributed by atoms with van der Waals surface area (Å²) in [6.07, 6.45) is 1.13. The van der Waals surface area contributed by atoms with E-state index in [0.717, 1.165) is 27.4 Å². The number of carbonyl (C=O) groups excluding carboxylic acids is 2. The zero-order valence-electron chi connectivity index (χ0n) is 23.9. The maximum absolute atomic E-state index is 14.1. The van der Waals surface area contributed by atoms with E-state index >= 15 is 0 Å². The van der Waals surface area contributed by atoms with Gasteiger partial charge in [0.05, 0.1) is 17.7 Å². The number of ether oxygens (including phenoxy) is 1. The zero-order valence-corrected chi connectivity index (χ0v) is 24.7. The molecule has 0 radical (unpaired) electrons. The van der Waals surface area contributed by atoms with Crippen LogP contribution in [0.15, 0.2) is 77.7 Å². The van der Waals surface area contributed by atoms with E-state index in [1.54, 1.807) is 36.4 Å². The number of nitrogens with one attached hydrogen (secondary N) is 1. The van der Waals surface area contributed by atoms with Gasteiger partial charge >= 0.3 is 0 Å². The van der Waals surface area contributed by atoms with Crippen molar-refractivity contribution in [2.75, 3.05) is 24.5 Å². The predicted octanol–water partition coefficient (Wildman–Crippen LogP) is 4.84. The average molecular weight is 566 g/mol. The van der Waals surface area contributed by atoms with Gasteiger partial charge in [-0.3, -0.25) is 13.9 Å². The summed E-state index contributed by atoms with van der Waals surface area (Å²) in [4.78, 5) is 28.9. The van der Waals surface area contributed by atoms with Crippen LogP contribution in [-0.4, -0.2) is 51.4 Å². The molecule has 0 aromatic heterocycles. The highest BCUT2D eigenvalue weighted by atomic mass is 32.2. The standard InChI is InChI=1S/C31H39N3O5S/c1-6-19-32-31(36)29(7-2)33(21-25-12-9-8-11-24(25)4)30(35)22-34(26-13-10-14-27(20-26)39-5)40(37,38)28-17-15-23(3)16-18-28/h8-18,20,29H,6-7,19,21-22H2,1-5H3,(H,32,36)/t29-/m1/s1. The number of anilines is 1. The normalized spacial score (nSPS) is 11.9. The molecule has 0 aliphatic heterocycles. The number of nitrogens with zero attached hydrogens (tertiary/aromatic N) is 2. The van der Waals surface area contributed by atoms with E-state index in [-0.39, 0.29) is 23.0 Å². The summed E-state index contributed by atoms with van der Waals surface area (Å²) < 4.78 is 34.4. The Morgan fingerprint density at radius 2 is 1.65 bits per heavy atom. The van der Waals surface area contributed by atoms with Crippen molar-refractivity contribution in [1.29, 1.82) is 0 Å². The van der Waals surface area contributed by atoms with Crippen LogP contribution in [0, 0.1) is 13.8 Å². The van der Waals surface area contributed by atoms with Crippen molar-refractivity contribution in [2.24, 2.45) is 0 Å². The van der Waals surface area contributed by atoms with Gasteiger partial charge in [-0.1, -0.05) is 61.9 Å². The van der Waals surface area contributed by atoms with Gasteiger partial charge in [-0.25, -0.2) is 8.42 Å². The molecule has 3 aromatic carbocycles. The van der Waals surface area contributed by atoms with E-state index in [1.165, 1.54) is 24.1 Å². The lowest BCUT2D eigenvalue weighted by atomic mass is 10.1. The molecule has 0 fully saturated rings. The van der Waals surface area contributed by atoms with Gasteiger partial charge in [0, 0.05) is 19.2 Å². The smallest absolute Gasteiger partial charge is 0.264 e. The Morgan fingerprint density at radius 1 is 0.950 bits per heavy atom. The van der Waals surface area contributed by atoms with Crippen LogP contribution in [0.2, 0.25) is 0 Å². The largest absolute Gasteiger partial charge is 0.497 e. The maximum atomic E-state index is 14.1. The van der Waals surface area contributed by atoms with Gasteiger partial charge in [0.2, 0.25) is 11.8 Å². The Kier molecular flexibility index (Phi) is 10.7. The van der Waals surface area contributed by atoms with Crippen molar-refractivity contribution in [3.8, 4) is 5.75 Å². The molecule has 0 spiro atoms. The molecule has 214 valence electrons. The van der Waals surface area contributed by atoms with Gasteiger partial charge in [0.15, 0.2) is 0 Å². The molecule has 0 aliphatic rings. The molecule has 3 rings (SSSR count). The lowest BCUT2D eigenvalue weighted by Gasteiger charge is -2.33. The van der Waals surface area contributed by atoms with Crippen molar-refractivity contribution < 1.29 is 22.7 Å². The topological polar surface area (TPSA) is 96.0 Å². The Balaban J connectivity index is 2.08. The number of aryl methyl sites for hydroxylation is 2. The first-order valence-corrected chi connectivity index (χ1v) is 14.9. The summed E-state index contributed by atoms with van der Waals surface area (Å²) in [7, 11) is -2.65. The van der Waals surface area contributed by atoms with Crippen LogP contribution in [0.3, 0.4) is 0 Å². The van der Waals surface area contributed by atoms with Crippen LogP contribution in [0.1, 0.15) is 43.4 Å². The molecule has 9 heteroatoms. The summed E-state index contributed by atoms with van der Waals surface area (Å²) in [5.74, 6) is -0.294. The molecular formula is C31H39N3O5S. The van der Waals surface area contributed by atoms with Gasteiger partial charge in [0.25, 0.3) is 10.0 Å². The second-order valence-electron chi connectivity index (χ2n) is 9.69.